The molecule has 0 spiro atoms. The van der Waals surface area contributed by atoms with E-state index in [1.807, 2.05) is 6.07 Å². The van der Waals surface area contributed by atoms with E-state index in [0.29, 0.717) is 5.92 Å². The zero-order valence-corrected chi connectivity index (χ0v) is 11.4. The number of hydrogen-bond acceptors (Lipinski definition) is 2. The summed E-state index contributed by atoms with van der Waals surface area (Å²) in [6, 6.07) is 6.50. The average Bonchev–Trinajstić information content (AvgIpc) is 2.28. The van der Waals surface area contributed by atoms with Crippen LogP contribution in [0.3, 0.4) is 0 Å². The van der Waals surface area contributed by atoms with Crippen molar-refractivity contribution in [3.63, 3.8) is 0 Å². The third-order valence-corrected chi connectivity index (χ3v) is 3.08. The first-order chi connectivity index (χ1) is 7.99. The van der Waals surface area contributed by atoms with Gasteiger partial charge in [0.15, 0.2) is 0 Å². The van der Waals surface area contributed by atoms with Gasteiger partial charge in [-0.25, -0.2) is 0 Å². The zero-order valence-electron chi connectivity index (χ0n) is 11.4. The van der Waals surface area contributed by atoms with Crippen LogP contribution in [0.25, 0.3) is 0 Å². The molecule has 0 radical (unpaired) electrons. The number of aryl methyl sites for hydroxylation is 2. The topological polar surface area (TPSA) is 33.0 Å². The lowest BCUT2D eigenvalue weighted by molar-refractivity contribution is 0.404. The van der Waals surface area contributed by atoms with E-state index in [1.165, 1.54) is 11.1 Å². The summed E-state index contributed by atoms with van der Waals surface area (Å²) in [6.07, 6.45) is 0.870. The number of benzene rings is 1. The van der Waals surface area contributed by atoms with E-state index in [4.69, 9.17) is 4.74 Å². The lowest BCUT2D eigenvalue weighted by atomic mass is 9.89. The number of hydrogen-bond donors (Lipinski definition) is 0. The predicted octanol–water partition coefficient (Wildman–Crippen LogP) is 3.97. The Morgan fingerprint density at radius 1 is 1.24 bits per heavy atom. The highest BCUT2D eigenvalue weighted by atomic mass is 16.5. The van der Waals surface area contributed by atoms with E-state index in [1.54, 1.807) is 7.11 Å². The molecule has 1 aromatic carbocycles. The van der Waals surface area contributed by atoms with Crippen molar-refractivity contribution in [3.05, 3.63) is 28.8 Å². The molecule has 0 aromatic heterocycles. The van der Waals surface area contributed by atoms with E-state index in [0.717, 1.165) is 17.7 Å². The first kappa shape index (κ1) is 13.6. The van der Waals surface area contributed by atoms with Crippen LogP contribution in [-0.4, -0.2) is 7.11 Å². The molecule has 0 aliphatic carbocycles. The van der Waals surface area contributed by atoms with E-state index >= 15 is 0 Å². The van der Waals surface area contributed by atoms with Crippen molar-refractivity contribution in [3.8, 4) is 11.8 Å². The van der Waals surface area contributed by atoms with Crippen molar-refractivity contribution in [1.82, 2.24) is 0 Å². The Hall–Kier alpha value is -1.49. The lowest BCUT2D eigenvalue weighted by Gasteiger charge is -2.17. The number of methoxy groups -OCH3 is 1. The minimum absolute atomic E-state index is 0.0794. The molecule has 92 valence electrons. The standard InChI is InChI=1S/C15H21NO/c1-10(2)6-13(9-16)14-7-11(3)12(4)8-15(14)17-5/h7-8,10,13H,6H2,1-5H3. The molecule has 0 fully saturated rings. The highest BCUT2D eigenvalue weighted by molar-refractivity contribution is 5.45. The van der Waals surface area contributed by atoms with Crippen molar-refractivity contribution in [2.45, 2.75) is 40.0 Å². The van der Waals surface area contributed by atoms with Crippen LogP contribution in [0.5, 0.6) is 5.75 Å². The van der Waals surface area contributed by atoms with Crippen molar-refractivity contribution in [2.24, 2.45) is 5.92 Å². The zero-order chi connectivity index (χ0) is 13.0. The number of rotatable bonds is 4. The van der Waals surface area contributed by atoms with Crippen LogP contribution in [0.4, 0.5) is 0 Å². The fraction of sp³-hybridized carbons (Fsp3) is 0.533. The molecule has 0 amide bonds. The van der Waals surface area contributed by atoms with Crippen LogP contribution < -0.4 is 4.74 Å². The maximum atomic E-state index is 9.30. The first-order valence-corrected chi connectivity index (χ1v) is 6.04. The normalized spacial score (nSPS) is 12.3. The summed E-state index contributed by atoms with van der Waals surface area (Å²) in [6.45, 7) is 8.41. The summed E-state index contributed by atoms with van der Waals surface area (Å²) >= 11 is 0. The SMILES string of the molecule is COc1cc(C)c(C)cc1C(C#N)CC(C)C. The van der Waals surface area contributed by atoms with E-state index in [-0.39, 0.29) is 5.92 Å². The molecule has 1 atom stereocenters. The Bertz CT molecular complexity index is 429. The smallest absolute Gasteiger partial charge is 0.123 e. The van der Waals surface area contributed by atoms with Crippen LogP contribution >= 0.6 is 0 Å². The molecule has 1 aromatic rings. The van der Waals surface area contributed by atoms with Gasteiger partial charge in [0.25, 0.3) is 0 Å². The van der Waals surface area contributed by atoms with Crippen LogP contribution in [0.15, 0.2) is 12.1 Å². The Kier molecular flexibility index (Phi) is 4.57. The molecule has 1 unspecified atom stereocenters. The summed E-state index contributed by atoms with van der Waals surface area (Å²) in [5.41, 5.74) is 3.43. The van der Waals surface area contributed by atoms with Gasteiger partial charge in [0.2, 0.25) is 0 Å². The quantitative estimate of drug-likeness (QED) is 0.785. The Morgan fingerprint density at radius 3 is 2.29 bits per heavy atom. The van der Waals surface area contributed by atoms with Crippen LogP contribution in [0.1, 0.15) is 42.9 Å². The van der Waals surface area contributed by atoms with Gasteiger partial charge in [-0.2, -0.15) is 5.26 Å². The Labute approximate surface area is 104 Å². The van der Waals surface area contributed by atoms with Gasteiger partial charge in [0, 0.05) is 5.56 Å². The molecular weight excluding hydrogens is 210 g/mol. The third kappa shape index (κ3) is 3.23. The Balaban J connectivity index is 3.18. The highest BCUT2D eigenvalue weighted by Crippen LogP contribution is 2.33. The van der Waals surface area contributed by atoms with Crippen molar-refractivity contribution in [1.29, 1.82) is 5.26 Å². The molecule has 0 bridgehead atoms. The number of nitriles is 1. The molecule has 0 N–H and O–H groups in total. The monoisotopic (exact) mass is 231 g/mol. The second-order valence-corrected chi connectivity index (χ2v) is 4.99. The van der Waals surface area contributed by atoms with Gasteiger partial charge in [-0.15, -0.1) is 0 Å². The molecule has 1 rings (SSSR count). The average molecular weight is 231 g/mol. The van der Waals surface area contributed by atoms with Gasteiger partial charge < -0.3 is 4.74 Å². The molecule has 2 heteroatoms. The summed E-state index contributed by atoms with van der Waals surface area (Å²) in [4.78, 5) is 0. The molecular formula is C15H21NO. The first-order valence-electron chi connectivity index (χ1n) is 6.04. The predicted molar refractivity (Wildman–Crippen MR) is 70.3 cm³/mol. The molecule has 2 nitrogen and oxygen atoms in total. The summed E-state index contributed by atoms with van der Waals surface area (Å²) in [5, 5.41) is 9.30. The molecule has 0 saturated carbocycles. The maximum Gasteiger partial charge on any atom is 0.123 e. The fourth-order valence-corrected chi connectivity index (χ4v) is 1.98. The molecule has 0 heterocycles. The molecule has 0 aliphatic heterocycles. The summed E-state index contributed by atoms with van der Waals surface area (Å²) < 4.78 is 5.39. The highest BCUT2D eigenvalue weighted by Gasteiger charge is 2.18. The van der Waals surface area contributed by atoms with E-state index in [2.05, 4.69) is 39.8 Å². The van der Waals surface area contributed by atoms with Crippen molar-refractivity contribution < 1.29 is 4.74 Å². The Morgan fingerprint density at radius 2 is 1.82 bits per heavy atom. The summed E-state index contributed by atoms with van der Waals surface area (Å²) in [7, 11) is 1.66. The van der Waals surface area contributed by atoms with Crippen LogP contribution in [0.2, 0.25) is 0 Å². The van der Waals surface area contributed by atoms with Gasteiger partial charge >= 0.3 is 0 Å². The van der Waals surface area contributed by atoms with E-state index in [9.17, 15) is 5.26 Å². The van der Waals surface area contributed by atoms with Crippen molar-refractivity contribution in [2.75, 3.05) is 7.11 Å². The number of nitrogens with zero attached hydrogens (tertiary/aromatic N) is 1. The second kappa shape index (κ2) is 5.72. The largest absolute Gasteiger partial charge is 0.496 e. The van der Waals surface area contributed by atoms with Gasteiger partial charge in [-0.3, -0.25) is 0 Å². The van der Waals surface area contributed by atoms with E-state index < -0.39 is 0 Å². The van der Waals surface area contributed by atoms with Crippen LogP contribution in [-0.2, 0) is 0 Å². The summed E-state index contributed by atoms with van der Waals surface area (Å²) in [5.74, 6) is 1.26. The third-order valence-electron chi connectivity index (χ3n) is 3.08. The molecule has 0 saturated heterocycles. The van der Waals surface area contributed by atoms with Gasteiger partial charge in [-0.1, -0.05) is 19.9 Å². The molecule has 0 aliphatic rings. The maximum absolute atomic E-state index is 9.30. The van der Waals surface area contributed by atoms with Gasteiger partial charge in [-0.05, 0) is 43.4 Å². The second-order valence-electron chi connectivity index (χ2n) is 4.99. The molecule has 17 heavy (non-hydrogen) atoms. The van der Waals surface area contributed by atoms with Crippen LogP contribution in [0, 0.1) is 31.1 Å². The van der Waals surface area contributed by atoms with Crippen molar-refractivity contribution >= 4 is 0 Å². The fourth-order valence-electron chi connectivity index (χ4n) is 1.98. The number of ether oxygens (including phenoxy) is 1. The lowest BCUT2D eigenvalue weighted by Crippen LogP contribution is -2.04. The minimum Gasteiger partial charge on any atom is -0.496 e. The van der Waals surface area contributed by atoms with Gasteiger partial charge in [0.1, 0.15) is 5.75 Å². The minimum atomic E-state index is -0.0794. The van der Waals surface area contributed by atoms with Gasteiger partial charge in [0.05, 0.1) is 19.1 Å².